The first-order chi connectivity index (χ1) is 12.1. The number of nitrogens with zero attached hydrogens (tertiary/aromatic N) is 2. The van der Waals surface area contributed by atoms with Crippen molar-refractivity contribution >= 4 is 11.7 Å². The van der Waals surface area contributed by atoms with Crippen molar-refractivity contribution in [1.82, 2.24) is 10.3 Å². The van der Waals surface area contributed by atoms with Crippen LogP contribution in [0.1, 0.15) is 41.4 Å². The number of anilines is 1. The van der Waals surface area contributed by atoms with E-state index >= 15 is 0 Å². The predicted octanol–water partition coefficient (Wildman–Crippen LogP) is 1.68. The second-order valence-electron chi connectivity index (χ2n) is 6.45. The van der Waals surface area contributed by atoms with Crippen LogP contribution in [-0.4, -0.2) is 43.4 Å². The van der Waals surface area contributed by atoms with E-state index in [1.54, 1.807) is 19.1 Å². The minimum atomic E-state index is -0.853. The molecule has 3 heterocycles. The van der Waals surface area contributed by atoms with E-state index in [4.69, 9.17) is 15.5 Å². The highest BCUT2D eigenvalue weighted by atomic mass is 19.1. The standard InChI is InChI=1S/C18H25FN4O2/c1-2-16(20)22-18(24)14-10-17(23-7-3-4-12(19)11-23)21-15-6-9-25-8-5-13(14)15/h2,10,12H,3-9,11,20H2,1H3,(H,22,24)/b16-2+. The van der Waals surface area contributed by atoms with Gasteiger partial charge in [0, 0.05) is 24.2 Å². The number of alkyl halides is 1. The van der Waals surface area contributed by atoms with Crippen LogP contribution in [0.15, 0.2) is 18.0 Å². The summed E-state index contributed by atoms with van der Waals surface area (Å²) in [6.07, 6.45) is 3.44. The Balaban J connectivity index is 1.98. The smallest absolute Gasteiger partial charge is 0.257 e. The van der Waals surface area contributed by atoms with E-state index in [1.807, 2.05) is 4.90 Å². The second-order valence-corrected chi connectivity index (χ2v) is 6.45. The number of amides is 1. The summed E-state index contributed by atoms with van der Waals surface area (Å²) in [6, 6.07) is 1.76. The molecule has 3 rings (SSSR count). The molecule has 1 saturated heterocycles. The molecule has 2 aliphatic heterocycles. The Morgan fingerprint density at radius 3 is 3.04 bits per heavy atom. The number of carbonyl (C=O) groups is 1. The van der Waals surface area contributed by atoms with Crippen molar-refractivity contribution < 1.29 is 13.9 Å². The lowest BCUT2D eigenvalue weighted by Crippen LogP contribution is -2.37. The molecule has 136 valence electrons. The molecule has 0 saturated carbocycles. The number of aromatic nitrogens is 1. The summed E-state index contributed by atoms with van der Waals surface area (Å²) in [4.78, 5) is 19.4. The number of allylic oxidation sites excluding steroid dienone is 1. The quantitative estimate of drug-likeness (QED) is 0.869. The summed E-state index contributed by atoms with van der Waals surface area (Å²) >= 11 is 0. The molecule has 0 radical (unpaired) electrons. The number of carbonyl (C=O) groups excluding carboxylic acids is 1. The van der Waals surface area contributed by atoms with Gasteiger partial charge < -0.3 is 20.7 Å². The van der Waals surface area contributed by atoms with Crippen LogP contribution in [0.5, 0.6) is 0 Å². The van der Waals surface area contributed by atoms with Gasteiger partial charge in [-0.25, -0.2) is 9.37 Å². The van der Waals surface area contributed by atoms with Crippen molar-refractivity contribution in [2.45, 2.75) is 38.8 Å². The van der Waals surface area contributed by atoms with Gasteiger partial charge in [-0.05, 0) is 43.9 Å². The Labute approximate surface area is 147 Å². The lowest BCUT2D eigenvalue weighted by molar-refractivity contribution is 0.0964. The Kier molecular flexibility index (Phi) is 5.53. The number of fused-ring (bicyclic) bond motifs is 1. The van der Waals surface area contributed by atoms with E-state index < -0.39 is 6.17 Å². The summed E-state index contributed by atoms with van der Waals surface area (Å²) in [5.41, 5.74) is 8.06. The van der Waals surface area contributed by atoms with Crippen molar-refractivity contribution in [1.29, 1.82) is 0 Å². The number of piperidine rings is 1. The Hall–Kier alpha value is -2.15. The molecule has 25 heavy (non-hydrogen) atoms. The lowest BCUT2D eigenvalue weighted by atomic mass is 10.0. The lowest BCUT2D eigenvalue weighted by Gasteiger charge is -2.31. The van der Waals surface area contributed by atoms with Gasteiger partial charge in [-0.1, -0.05) is 0 Å². The topological polar surface area (TPSA) is 80.5 Å². The normalized spacial score (nSPS) is 21.4. The second kappa shape index (κ2) is 7.82. The van der Waals surface area contributed by atoms with E-state index in [2.05, 4.69) is 5.32 Å². The molecule has 0 spiro atoms. The Morgan fingerprint density at radius 2 is 2.28 bits per heavy atom. The molecular formula is C18H25FN4O2. The largest absolute Gasteiger partial charge is 0.385 e. The van der Waals surface area contributed by atoms with E-state index in [-0.39, 0.29) is 5.91 Å². The van der Waals surface area contributed by atoms with Crippen LogP contribution in [0.4, 0.5) is 10.2 Å². The number of nitrogens with one attached hydrogen (secondary N) is 1. The third-order valence-corrected chi connectivity index (χ3v) is 4.68. The summed E-state index contributed by atoms with van der Waals surface area (Å²) < 4.78 is 19.3. The fraction of sp³-hybridized carbons (Fsp3) is 0.556. The summed E-state index contributed by atoms with van der Waals surface area (Å²) in [5.74, 6) is 0.710. The molecule has 1 amide bonds. The number of pyridine rings is 1. The van der Waals surface area contributed by atoms with Gasteiger partial charge in [-0.2, -0.15) is 0 Å². The van der Waals surface area contributed by atoms with Gasteiger partial charge in [0.25, 0.3) is 5.91 Å². The van der Waals surface area contributed by atoms with Crippen molar-refractivity contribution in [3.63, 3.8) is 0 Å². The van der Waals surface area contributed by atoms with Gasteiger partial charge in [-0.3, -0.25) is 4.79 Å². The monoisotopic (exact) mass is 348 g/mol. The number of hydrogen-bond donors (Lipinski definition) is 2. The van der Waals surface area contributed by atoms with Crippen molar-refractivity contribution in [3.05, 3.63) is 34.8 Å². The Morgan fingerprint density at radius 1 is 1.48 bits per heavy atom. The number of rotatable bonds is 3. The maximum atomic E-state index is 13.8. The summed E-state index contributed by atoms with van der Waals surface area (Å²) in [7, 11) is 0. The average molecular weight is 348 g/mol. The van der Waals surface area contributed by atoms with Crippen LogP contribution in [0.2, 0.25) is 0 Å². The molecule has 7 heteroatoms. The third-order valence-electron chi connectivity index (χ3n) is 4.68. The minimum Gasteiger partial charge on any atom is -0.385 e. The van der Waals surface area contributed by atoms with Crippen LogP contribution < -0.4 is 16.0 Å². The van der Waals surface area contributed by atoms with Gasteiger partial charge in [0.05, 0.1) is 25.6 Å². The van der Waals surface area contributed by atoms with Gasteiger partial charge >= 0.3 is 0 Å². The van der Waals surface area contributed by atoms with Gasteiger partial charge in [-0.15, -0.1) is 0 Å². The summed E-state index contributed by atoms with van der Waals surface area (Å²) in [6.45, 7) is 3.97. The molecule has 1 atom stereocenters. The Bertz CT molecular complexity index is 677. The number of halogens is 1. The molecule has 1 aromatic heterocycles. The number of hydrogen-bond acceptors (Lipinski definition) is 5. The van der Waals surface area contributed by atoms with Gasteiger partial charge in [0.15, 0.2) is 0 Å². The zero-order valence-electron chi connectivity index (χ0n) is 14.6. The van der Waals surface area contributed by atoms with Crippen LogP contribution in [0.25, 0.3) is 0 Å². The molecule has 6 nitrogen and oxygen atoms in total. The molecule has 1 aromatic rings. The first kappa shape index (κ1) is 17.7. The zero-order chi connectivity index (χ0) is 17.8. The molecule has 3 N–H and O–H groups in total. The fourth-order valence-corrected chi connectivity index (χ4v) is 3.31. The highest BCUT2D eigenvalue weighted by Gasteiger charge is 2.25. The van der Waals surface area contributed by atoms with Crippen molar-refractivity contribution in [3.8, 4) is 0 Å². The maximum absolute atomic E-state index is 13.8. The molecule has 2 aliphatic rings. The molecule has 1 fully saturated rings. The first-order valence-corrected chi connectivity index (χ1v) is 8.81. The van der Waals surface area contributed by atoms with Crippen LogP contribution in [0, 0.1) is 0 Å². The van der Waals surface area contributed by atoms with Gasteiger partial charge in [0.1, 0.15) is 12.0 Å². The van der Waals surface area contributed by atoms with Crippen molar-refractivity contribution in [2.24, 2.45) is 5.73 Å². The number of ether oxygens (including phenoxy) is 1. The maximum Gasteiger partial charge on any atom is 0.257 e. The average Bonchev–Trinajstić information content (AvgIpc) is 2.86. The van der Waals surface area contributed by atoms with E-state index in [0.29, 0.717) is 56.2 Å². The molecular weight excluding hydrogens is 323 g/mol. The van der Waals surface area contributed by atoms with Gasteiger partial charge in [0.2, 0.25) is 0 Å². The molecule has 0 bridgehead atoms. The molecule has 1 unspecified atom stereocenters. The minimum absolute atomic E-state index is 0.258. The van der Waals surface area contributed by atoms with Crippen LogP contribution >= 0.6 is 0 Å². The highest BCUT2D eigenvalue weighted by Crippen LogP contribution is 2.26. The number of nitrogens with two attached hydrogens (primary N) is 1. The SMILES string of the molecule is C/C=C(\N)NC(=O)c1cc(N2CCCC(F)C2)nc2c1CCOCC2. The van der Waals surface area contributed by atoms with E-state index in [0.717, 1.165) is 24.2 Å². The third kappa shape index (κ3) is 4.10. The first-order valence-electron chi connectivity index (χ1n) is 8.81. The molecule has 0 aliphatic carbocycles. The van der Waals surface area contributed by atoms with Crippen LogP contribution in [-0.2, 0) is 17.6 Å². The zero-order valence-corrected chi connectivity index (χ0v) is 14.6. The van der Waals surface area contributed by atoms with E-state index in [9.17, 15) is 9.18 Å². The predicted molar refractivity (Wildman–Crippen MR) is 94.2 cm³/mol. The highest BCUT2D eigenvalue weighted by molar-refractivity contribution is 5.97. The van der Waals surface area contributed by atoms with Crippen LogP contribution in [0.3, 0.4) is 0 Å². The summed E-state index contributed by atoms with van der Waals surface area (Å²) in [5, 5.41) is 2.69. The molecule has 0 aromatic carbocycles. The fourth-order valence-electron chi connectivity index (χ4n) is 3.31. The van der Waals surface area contributed by atoms with E-state index in [1.165, 1.54) is 0 Å². The van der Waals surface area contributed by atoms with Crippen molar-refractivity contribution in [2.75, 3.05) is 31.2 Å².